The number of hydrazine groups is 1. The summed E-state index contributed by atoms with van der Waals surface area (Å²) in [7, 11) is 0. The highest BCUT2D eigenvalue weighted by atomic mass is 32.2. The highest BCUT2D eigenvalue weighted by Gasteiger charge is 2.08. The monoisotopic (exact) mass is 263 g/mol. The highest BCUT2D eigenvalue weighted by molar-refractivity contribution is 7.98. The molecule has 0 radical (unpaired) electrons. The molecule has 0 atom stereocenters. The van der Waals surface area contributed by atoms with Gasteiger partial charge in [0.15, 0.2) is 0 Å². The van der Waals surface area contributed by atoms with Gasteiger partial charge in [-0.1, -0.05) is 36.0 Å². The lowest BCUT2D eigenvalue weighted by Gasteiger charge is -2.07. The van der Waals surface area contributed by atoms with Gasteiger partial charge in [-0.05, 0) is 11.1 Å². The molecule has 0 saturated carbocycles. The highest BCUT2D eigenvalue weighted by Crippen LogP contribution is 2.23. The summed E-state index contributed by atoms with van der Waals surface area (Å²) in [5.74, 6) is 5.59. The first-order chi connectivity index (χ1) is 8.79. The minimum absolute atomic E-state index is 0.205. The number of benzene rings is 1. The van der Waals surface area contributed by atoms with Crippen LogP contribution in [0.2, 0.25) is 0 Å². The van der Waals surface area contributed by atoms with Crippen LogP contribution in [0.5, 0.6) is 0 Å². The molecular weight excluding hydrogens is 250 g/mol. The molecule has 1 heterocycles. The van der Waals surface area contributed by atoms with Gasteiger partial charge in [0.05, 0.1) is 12.6 Å². The van der Waals surface area contributed by atoms with Gasteiger partial charge < -0.3 is 4.42 Å². The average molecular weight is 263 g/mol. The fraction of sp³-hybridized carbons (Fsp3) is 0.167. The Morgan fingerprint density at radius 3 is 2.83 bits per heavy atom. The van der Waals surface area contributed by atoms with Gasteiger partial charge >= 0.3 is 0 Å². The molecule has 0 saturated heterocycles. The van der Waals surface area contributed by atoms with Gasteiger partial charge in [0.2, 0.25) is 5.91 Å². The van der Waals surface area contributed by atoms with E-state index in [0.717, 1.165) is 11.1 Å². The first-order valence-corrected chi connectivity index (χ1v) is 6.36. The van der Waals surface area contributed by atoms with Gasteiger partial charge in [0.1, 0.15) is 6.26 Å². The molecule has 2 aromatic rings. The number of amides is 1. The fourth-order valence-corrected chi connectivity index (χ4v) is 2.34. The van der Waals surface area contributed by atoms with Gasteiger partial charge in [-0.15, -0.1) is 0 Å². The van der Waals surface area contributed by atoms with E-state index in [1.165, 1.54) is 18.0 Å². The molecule has 0 unspecified atom stereocenters. The minimum Gasteiger partial charge on any atom is -0.440 e. The third-order valence-corrected chi connectivity index (χ3v) is 3.30. The van der Waals surface area contributed by atoms with Crippen LogP contribution in [0.4, 0.5) is 0 Å². The van der Waals surface area contributed by atoms with Crippen molar-refractivity contribution in [2.75, 3.05) is 0 Å². The Labute approximate surface area is 109 Å². The molecule has 1 aromatic heterocycles. The first kappa shape index (κ1) is 12.7. The standard InChI is InChI=1S/C12H13N3O2S/c13-15-11(16)7-9-3-1-2-4-10(9)8-18-12-14-5-6-17-12/h1-6H,7-8,13H2,(H,15,16). The van der Waals surface area contributed by atoms with E-state index in [2.05, 4.69) is 10.4 Å². The van der Waals surface area contributed by atoms with Crippen LogP contribution in [0.25, 0.3) is 0 Å². The van der Waals surface area contributed by atoms with E-state index >= 15 is 0 Å². The van der Waals surface area contributed by atoms with E-state index < -0.39 is 0 Å². The number of thioether (sulfide) groups is 1. The lowest BCUT2D eigenvalue weighted by molar-refractivity contribution is -0.120. The second-order valence-corrected chi connectivity index (χ2v) is 4.53. The van der Waals surface area contributed by atoms with Crippen LogP contribution in [0.15, 0.2) is 46.4 Å². The molecule has 3 N–H and O–H groups in total. The van der Waals surface area contributed by atoms with Crippen molar-refractivity contribution in [2.24, 2.45) is 5.84 Å². The molecule has 0 aliphatic rings. The molecule has 18 heavy (non-hydrogen) atoms. The second kappa shape index (κ2) is 6.23. The van der Waals surface area contributed by atoms with Crippen LogP contribution >= 0.6 is 11.8 Å². The van der Waals surface area contributed by atoms with Crippen molar-refractivity contribution >= 4 is 17.7 Å². The normalized spacial score (nSPS) is 10.3. The summed E-state index contributed by atoms with van der Waals surface area (Å²) in [5, 5.41) is 0.619. The Hall–Kier alpha value is -1.79. The van der Waals surface area contributed by atoms with E-state index in [1.807, 2.05) is 24.3 Å². The van der Waals surface area contributed by atoms with Gasteiger partial charge in [0, 0.05) is 5.75 Å². The zero-order valence-corrected chi connectivity index (χ0v) is 10.4. The summed E-state index contributed by atoms with van der Waals surface area (Å²) in [6.45, 7) is 0. The van der Waals surface area contributed by atoms with Gasteiger partial charge in [-0.3, -0.25) is 10.2 Å². The Morgan fingerprint density at radius 2 is 2.17 bits per heavy atom. The molecule has 5 nitrogen and oxygen atoms in total. The molecule has 0 bridgehead atoms. The first-order valence-electron chi connectivity index (χ1n) is 5.38. The van der Waals surface area contributed by atoms with Crippen LogP contribution in [-0.4, -0.2) is 10.9 Å². The summed E-state index contributed by atoms with van der Waals surface area (Å²) in [6, 6.07) is 7.74. The van der Waals surface area contributed by atoms with Crippen molar-refractivity contribution in [1.29, 1.82) is 0 Å². The van der Waals surface area contributed by atoms with Gasteiger partial charge in [-0.25, -0.2) is 10.8 Å². The third-order valence-electron chi connectivity index (χ3n) is 2.39. The van der Waals surface area contributed by atoms with E-state index in [1.54, 1.807) is 6.20 Å². The molecule has 0 aliphatic carbocycles. The lowest BCUT2D eigenvalue weighted by atomic mass is 10.1. The number of hydrogen-bond donors (Lipinski definition) is 2. The van der Waals surface area contributed by atoms with Gasteiger partial charge in [-0.2, -0.15) is 0 Å². The number of nitrogens with one attached hydrogen (secondary N) is 1. The van der Waals surface area contributed by atoms with E-state index in [0.29, 0.717) is 11.0 Å². The number of aromatic nitrogens is 1. The zero-order chi connectivity index (χ0) is 12.8. The summed E-state index contributed by atoms with van der Waals surface area (Å²) < 4.78 is 5.15. The molecule has 0 spiro atoms. The summed E-state index contributed by atoms with van der Waals surface area (Å²) >= 11 is 1.49. The molecule has 1 amide bonds. The van der Waals surface area contributed by atoms with Crippen molar-refractivity contribution in [3.63, 3.8) is 0 Å². The molecule has 94 valence electrons. The number of nitrogens with two attached hydrogens (primary N) is 1. The maximum atomic E-state index is 11.3. The molecule has 0 fully saturated rings. The predicted octanol–water partition coefficient (Wildman–Crippen LogP) is 1.50. The number of nitrogens with zero attached hydrogens (tertiary/aromatic N) is 1. The van der Waals surface area contributed by atoms with Crippen molar-refractivity contribution in [3.8, 4) is 0 Å². The SMILES string of the molecule is NNC(=O)Cc1ccccc1CSc1ncco1. The van der Waals surface area contributed by atoms with Crippen molar-refractivity contribution in [2.45, 2.75) is 17.4 Å². The van der Waals surface area contributed by atoms with Crippen LogP contribution in [0, 0.1) is 0 Å². The maximum Gasteiger partial charge on any atom is 0.255 e. The van der Waals surface area contributed by atoms with E-state index in [4.69, 9.17) is 10.3 Å². The molecule has 1 aromatic carbocycles. The third kappa shape index (κ3) is 3.35. The van der Waals surface area contributed by atoms with Crippen molar-refractivity contribution < 1.29 is 9.21 Å². The Kier molecular flexibility index (Phi) is 4.38. The Morgan fingerprint density at radius 1 is 1.39 bits per heavy atom. The van der Waals surface area contributed by atoms with E-state index in [9.17, 15) is 4.79 Å². The number of rotatable bonds is 5. The molecule has 0 aliphatic heterocycles. The van der Waals surface area contributed by atoms with Crippen molar-refractivity contribution in [1.82, 2.24) is 10.4 Å². The predicted molar refractivity (Wildman–Crippen MR) is 68.5 cm³/mol. The zero-order valence-electron chi connectivity index (χ0n) is 9.63. The largest absolute Gasteiger partial charge is 0.440 e. The van der Waals surface area contributed by atoms with E-state index in [-0.39, 0.29) is 12.3 Å². The quantitative estimate of drug-likeness (QED) is 0.370. The molecular formula is C12H13N3O2S. The summed E-state index contributed by atoms with van der Waals surface area (Å²) in [4.78, 5) is 15.3. The number of carbonyl (C=O) groups is 1. The topological polar surface area (TPSA) is 81.1 Å². The van der Waals surface area contributed by atoms with Crippen LogP contribution in [0.1, 0.15) is 11.1 Å². The number of carbonyl (C=O) groups excluding carboxylic acids is 1. The van der Waals surface area contributed by atoms with Crippen LogP contribution in [-0.2, 0) is 17.0 Å². The summed E-state index contributed by atoms with van der Waals surface area (Å²) in [6.07, 6.45) is 3.42. The minimum atomic E-state index is -0.205. The molecule has 2 rings (SSSR count). The average Bonchev–Trinajstić information content (AvgIpc) is 2.91. The number of hydrogen-bond acceptors (Lipinski definition) is 5. The van der Waals surface area contributed by atoms with Crippen LogP contribution < -0.4 is 11.3 Å². The maximum absolute atomic E-state index is 11.3. The Balaban J connectivity index is 2.05. The molecule has 6 heteroatoms. The lowest BCUT2D eigenvalue weighted by Crippen LogP contribution is -2.31. The smallest absolute Gasteiger partial charge is 0.255 e. The van der Waals surface area contributed by atoms with Crippen LogP contribution in [0.3, 0.4) is 0 Å². The number of oxazole rings is 1. The fourth-order valence-electron chi connectivity index (χ4n) is 1.52. The van der Waals surface area contributed by atoms with Gasteiger partial charge in [0.25, 0.3) is 5.22 Å². The van der Waals surface area contributed by atoms with Crippen molar-refractivity contribution in [3.05, 3.63) is 47.9 Å². The Bertz CT molecular complexity index is 514. The second-order valence-electron chi connectivity index (χ2n) is 3.60. The summed E-state index contributed by atoms with van der Waals surface area (Å²) in [5.41, 5.74) is 4.17.